The van der Waals surface area contributed by atoms with Gasteiger partial charge in [0.1, 0.15) is 11.4 Å². The van der Waals surface area contributed by atoms with Crippen LogP contribution >= 0.6 is 0 Å². The van der Waals surface area contributed by atoms with E-state index in [9.17, 15) is 13.2 Å². The van der Waals surface area contributed by atoms with Crippen LogP contribution < -0.4 is 14.8 Å². The van der Waals surface area contributed by atoms with Crippen molar-refractivity contribution in [3.63, 3.8) is 0 Å². The topological polar surface area (TPSA) is 89.7 Å². The minimum Gasteiger partial charge on any atom is -0.494 e. The molecule has 17 heavy (non-hydrogen) atoms. The van der Waals surface area contributed by atoms with E-state index in [1.807, 2.05) is 0 Å². The SMILES string of the molecule is COc1cc(N)ccc1N1C(=O)CCS1(=O)=O. The van der Waals surface area contributed by atoms with Crippen LogP contribution in [0.5, 0.6) is 5.75 Å². The van der Waals surface area contributed by atoms with Gasteiger partial charge in [0.15, 0.2) is 0 Å². The maximum Gasteiger partial charge on any atom is 0.242 e. The second kappa shape index (κ2) is 3.92. The quantitative estimate of drug-likeness (QED) is 0.771. The van der Waals surface area contributed by atoms with Crippen molar-refractivity contribution in [1.82, 2.24) is 0 Å². The molecule has 1 aromatic carbocycles. The summed E-state index contributed by atoms with van der Waals surface area (Å²) < 4.78 is 29.3. The molecule has 0 aromatic heterocycles. The average Bonchev–Trinajstić information content (AvgIpc) is 2.54. The Kier molecular flexibility index (Phi) is 2.70. The monoisotopic (exact) mass is 256 g/mol. The summed E-state index contributed by atoms with van der Waals surface area (Å²) >= 11 is 0. The molecule has 1 fully saturated rings. The van der Waals surface area contributed by atoms with E-state index in [-0.39, 0.29) is 23.6 Å². The fourth-order valence-corrected chi connectivity index (χ4v) is 3.18. The van der Waals surface area contributed by atoms with Gasteiger partial charge in [-0.2, -0.15) is 0 Å². The van der Waals surface area contributed by atoms with Gasteiger partial charge < -0.3 is 10.5 Å². The molecule has 1 aliphatic rings. The Morgan fingerprint density at radius 3 is 2.65 bits per heavy atom. The van der Waals surface area contributed by atoms with Crippen LogP contribution in [0.4, 0.5) is 11.4 Å². The van der Waals surface area contributed by atoms with Gasteiger partial charge in [0.2, 0.25) is 15.9 Å². The zero-order chi connectivity index (χ0) is 12.6. The molecule has 0 spiro atoms. The fourth-order valence-electron chi connectivity index (χ4n) is 1.71. The van der Waals surface area contributed by atoms with Gasteiger partial charge in [-0.1, -0.05) is 0 Å². The Morgan fingerprint density at radius 1 is 1.41 bits per heavy atom. The molecule has 7 heteroatoms. The Balaban J connectivity index is 2.57. The number of carbonyl (C=O) groups excluding carboxylic acids is 1. The zero-order valence-corrected chi connectivity index (χ0v) is 10.0. The molecule has 2 N–H and O–H groups in total. The second-order valence-electron chi connectivity index (χ2n) is 3.66. The third kappa shape index (κ3) is 1.93. The molecule has 1 heterocycles. The number of amides is 1. The molecule has 6 nitrogen and oxygen atoms in total. The Morgan fingerprint density at radius 2 is 2.12 bits per heavy atom. The van der Waals surface area contributed by atoms with Crippen LogP contribution in [-0.2, 0) is 14.8 Å². The number of hydrogen-bond acceptors (Lipinski definition) is 5. The molecule has 1 saturated heterocycles. The number of rotatable bonds is 2. The Bertz CT molecular complexity index is 568. The smallest absolute Gasteiger partial charge is 0.242 e. The number of nitrogen functional groups attached to an aromatic ring is 1. The zero-order valence-electron chi connectivity index (χ0n) is 9.21. The standard InChI is InChI=1S/C10H12N2O4S/c1-16-9-6-7(11)2-3-8(9)12-10(13)4-5-17(12,14)15/h2-3,6H,4-5,11H2,1H3. The van der Waals surface area contributed by atoms with Gasteiger partial charge in [-0.3, -0.25) is 4.79 Å². The maximum atomic E-state index is 11.7. The van der Waals surface area contributed by atoms with E-state index in [1.54, 1.807) is 0 Å². The molecular formula is C10H12N2O4S. The van der Waals surface area contributed by atoms with Crippen LogP contribution in [-0.4, -0.2) is 27.2 Å². The molecule has 1 aromatic rings. The second-order valence-corrected chi connectivity index (χ2v) is 5.59. The molecule has 2 rings (SSSR count). The third-order valence-electron chi connectivity index (χ3n) is 2.50. The summed E-state index contributed by atoms with van der Waals surface area (Å²) in [5.41, 5.74) is 6.22. The van der Waals surface area contributed by atoms with Gasteiger partial charge >= 0.3 is 0 Å². The van der Waals surface area contributed by atoms with E-state index in [1.165, 1.54) is 25.3 Å². The van der Waals surface area contributed by atoms with Gasteiger partial charge in [0, 0.05) is 18.2 Å². The van der Waals surface area contributed by atoms with Crippen molar-refractivity contribution in [3.05, 3.63) is 18.2 Å². The summed E-state index contributed by atoms with van der Waals surface area (Å²) in [4.78, 5) is 11.6. The van der Waals surface area contributed by atoms with Crippen molar-refractivity contribution in [1.29, 1.82) is 0 Å². The number of hydrogen-bond donors (Lipinski definition) is 1. The molecule has 0 radical (unpaired) electrons. The fraction of sp³-hybridized carbons (Fsp3) is 0.300. The van der Waals surface area contributed by atoms with Crippen molar-refractivity contribution in [2.75, 3.05) is 22.9 Å². The molecule has 0 saturated carbocycles. The first kappa shape index (κ1) is 11.7. The van der Waals surface area contributed by atoms with Crippen molar-refractivity contribution in [2.45, 2.75) is 6.42 Å². The van der Waals surface area contributed by atoms with Gasteiger partial charge in [-0.15, -0.1) is 0 Å². The lowest BCUT2D eigenvalue weighted by molar-refractivity contribution is -0.116. The van der Waals surface area contributed by atoms with E-state index in [0.717, 1.165) is 4.31 Å². The van der Waals surface area contributed by atoms with E-state index in [2.05, 4.69) is 0 Å². The minimum absolute atomic E-state index is 0.00410. The van der Waals surface area contributed by atoms with Crippen LogP contribution in [0.2, 0.25) is 0 Å². The van der Waals surface area contributed by atoms with E-state index >= 15 is 0 Å². The van der Waals surface area contributed by atoms with Crippen LogP contribution in [0.3, 0.4) is 0 Å². The Labute approximate surface area is 99.0 Å². The van der Waals surface area contributed by atoms with Crippen molar-refractivity contribution < 1.29 is 17.9 Å². The number of anilines is 2. The molecule has 1 aliphatic heterocycles. The third-order valence-corrected chi connectivity index (χ3v) is 4.18. The molecule has 1 amide bonds. The molecule has 0 bridgehead atoms. The van der Waals surface area contributed by atoms with Crippen molar-refractivity contribution in [2.24, 2.45) is 0 Å². The summed E-state index contributed by atoms with van der Waals surface area (Å²) in [6.07, 6.45) is -0.00410. The molecule has 0 atom stereocenters. The number of nitrogens with zero attached hydrogens (tertiary/aromatic N) is 1. The largest absolute Gasteiger partial charge is 0.494 e. The van der Waals surface area contributed by atoms with Gasteiger partial charge in [0.05, 0.1) is 12.9 Å². The highest BCUT2D eigenvalue weighted by Crippen LogP contribution is 2.34. The molecule has 92 valence electrons. The maximum absolute atomic E-state index is 11.7. The van der Waals surface area contributed by atoms with Crippen molar-refractivity contribution in [3.8, 4) is 5.75 Å². The molecule has 0 aliphatic carbocycles. The highest BCUT2D eigenvalue weighted by atomic mass is 32.2. The number of ether oxygens (including phenoxy) is 1. The average molecular weight is 256 g/mol. The summed E-state index contributed by atoms with van der Waals surface area (Å²) in [5, 5.41) is 0. The number of carbonyl (C=O) groups is 1. The predicted octanol–water partition coefficient (Wildman–Crippen LogP) is 0.344. The first-order chi connectivity index (χ1) is 7.95. The number of methoxy groups -OCH3 is 1. The van der Waals surface area contributed by atoms with Crippen LogP contribution in [0.15, 0.2) is 18.2 Å². The normalized spacial score (nSPS) is 18.4. The van der Waals surface area contributed by atoms with Gasteiger partial charge in [-0.05, 0) is 12.1 Å². The lowest BCUT2D eigenvalue weighted by atomic mass is 10.2. The highest BCUT2D eigenvalue weighted by molar-refractivity contribution is 7.94. The summed E-state index contributed by atoms with van der Waals surface area (Å²) in [5.74, 6) is -0.351. The first-order valence-electron chi connectivity index (χ1n) is 4.95. The highest BCUT2D eigenvalue weighted by Gasteiger charge is 2.37. The van der Waals surface area contributed by atoms with E-state index < -0.39 is 15.9 Å². The minimum atomic E-state index is -3.57. The predicted molar refractivity (Wildman–Crippen MR) is 63.3 cm³/mol. The summed E-state index contributed by atoms with van der Waals surface area (Å²) in [6, 6.07) is 4.48. The number of nitrogens with two attached hydrogens (primary N) is 1. The van der Waals surface area contributed by atoms with Crippen molar-refractivity contribution >= 4 is 27.3 Å². The lowest BCUT2D eigenvalue weighted by Crippen LogP contribution is -2.29. The van der Waals surface area contributed by atoms with Crippen LogP contribution in [0.25, 0.3) is 0 Å². The van der Waals surface area contributed by atoms with E-state index in [4.69, 9.17) is 10.5 Å². The van der Waals surface area contributed by atoms with Gasteiger partial charge in [0.25, 0.3) is 0 Å². The van der Waals surface area contributed by atoms with Crippen LogP contribution in [0, 0.1) is 0 Å². The summed E-state index contributed by atoms with van der Waals surface area (Å²) in [7, 11) is -2.18. The van der Waals surface area contributed by atoms with Gasteiger partial charge in [-0.25, -0.2) is 12.7 Å². The first-order valence-corrected chi connectivity index (χ1v) is 6.56. The Hall–Kier alpha value is -1.76. The van der Waals surface area contributed by atoms with Crippen LogP contribution in [0.1, 0.15) is 6.42 Å². The molecule has 0 unspecified atom stereocenters. The van der Waals surface area contributed by atoms with E-state index in [0.29, 0.717) is 5.69 Å². The lowest BCUT2D eigenvalue weighted by Gasteiger charge is -2.18. The number of sulfonamides is 1. The number of benzene rings is 1. The molecular weight excluding hydrogens is 244 g/mol. The summed E-state index contributed by atoms with van der Waals surface area (Å²) in [6.45, 7) is 0.